The summed E-state index contributed by atoms with van der Waals surface area (Å²) in [5.74, 6) is 1.41. The number of fused-ring (bicyclic) bond motifs is 1. The Labute approximate surface area is 106 Å². The van der Waals surface area contributed by atoms with E-state index < -0.39 is 0 Å². The monoisotopic (exact) mass is 246 g/mol. The maximum Gasteiger partial charge on any atom is 0.242 e. The highest BCUT2D eigenvalue weighted by Crippen LogP contribution is 2.32. The Kier molecular flexibility index (Phi) is 2.91. The lowest BCUT2D eigenvalue weighted by Crippen LogP contribution is -2.38. The summed E-state index contributed by atoms with van der Waals surface area (Å²) in [7, 11) is 3.97. The lowest BCUT2D eigenvalue weighted by molar-refractivity contribution is 0.0630. The first-order valence-corrected chi connectivity index (χ1v) is 6.35. The minimum absolute atomic E-state index is 0.295. The summed E-state index contributed by atoms with van der Waals surface area (Å²) in [6.45, 7) is 1.07. The minimum Gasteiger partial charge on any atom is -0.473 e. The number of nitrogens with one attached hydrogen (secondary N) is 1. The molecule has 96 valence electrons. The van der Waals surface area contributed by atoms with Gasteiger partial charge in [0.05, 0.1) is 11.8 Å². The molecule has 1 saturated carbocycles. The van der Waals surface area contributed by atoms with Gasteiger partial charge in [-0.25, -0.2) is 9.97 Å². The number of nitrogens with zero attached hydrogens (tertiary/aromatic N) is 3. The van der Waals surface area contributed by atoms with Crippen LogP contribution >= 0.6 is 0 Å². The van der Waals surface area contributed by atoms with Crippen LogP contribution in [0.5, 0.6) is 5.88 Å². The second kappa shape index (κ2) is 4.57. The average Bonchev–Trinajstić information content (AvgIpc) is 2.70. The Hall–Kier alpha value is -1.62. The lowest BCUT2D eigenvalue weighted by Gasteiger charge is -2.34. The van der Waals surface area contributed by atoms with E-state index in [0.717, 1.165) is 36.3 Å². The molecular weight excluding hydrogens is 228 g/mol. The molecule has 0 bridgehead atoms. The molecule has 0 aromatic carbocycles. The largest absolute Gasteiger partial charge is 0.473 e. The molecule has 5 heteroatoms. The van der Waals surface area contributed by atoms with E-state index in [4.69, 9.17) is 4.74 Å². The van der Waals surface area contributed by atoms with Gasteiger partial charge in [0.25, 0.3) is 0 Å². The van der Waals surface area contributed by atoms with Crippen molar-refractivity contribution in [3.63, 3.8) is 0 Å². The highest BCUT2D eigenvalue weighted by molar-refractivity contribution is 5.79. The van der Waals surface area contributed by atoms with E-state index >= 15 is 0 Å². The summed E-state index contributed by atoms with van der Waals surface area (Å²) >= 11 is 0. The molecule has 0 atom stereocenters. The van der Waals surface area contributed by atoms with Gasteiger partial charge in [-0.3, -0.25) is 0 Å². The Morgan fingerprint density at radius 3 is 3.06 bits per heavy atom. The molecule has 0 saturated heterocycles. The standard InChI is InChI=1S/C13H18N4O/c1-14-7-9-5-10(6-9)18-13-12-11(3-4-15-13)17(2)8-16-12/h3-4,8-10,14H,5-7H2,1-2H3. The van der Waals surface area contributed by atoms with Gasteiger partial charge in [0, 0.05) is 13.2 Å². The van der Waals surface area contributed by atoms with Crippen molar-refractivity contribution >= 4 is 11.0 Å². The lowest BCUT2D eigenvalue weighted by atomic mass is 9.82. The van der Waals surface area contributed by atoms with Gasteiger partial charge in [-0.05, 0) is 38.4 Å². The third-order valence-corrected chi connectivity index (χ3v) is 3.57. The maximum absolute atomic E-state index is 5.94. The molecule has 0 amide bonds. The van der Waals surface area contributed by atoms with Crippen molar-refractivity contribution in [3.05, 3.63) is 18.6 Å². The van der Waals surface area contributed by atoms with E-state index in [1.54, 1.807) is 12.5 Å². The molecule has 5 nitrogen and oxygen atoms in total. The molecule has 0 spiro atoms. The molecule has 2 aromatic heterocycles. The highest BCUT2D eigenvalue weighted by Gasteiger charge is 2.31. The van der Waals surface area contributed by atoms with Gasteiger partial charge in [-0.1, -0.05) is 0 Å². The molecule has 1 N–H and O–H groups in total. The number of hydrogen-bond donors (Lipinski definition) is 1. The molecule has 0 unspecified atom stereocenters. The number of pyridine rings is 1. The average molecular weight is 246 g/mol. The van der Waals surface area contributed by atoms with Crippen LogP contribution < -0.4 is 10.1 Å². The first kappa shape index (κ1) is 11.5. The zero-order valence-electron chi connectivity index (χ0n) is 10.8. The topological polar surface area (TPSA) is 52.0 Å². The van der Waals surface area contributed by atoms with E-state index in [1.807, 2.05) is 24.7 Å². The summed E-state index contributed by atoms with van der Waals surface area (Å²) < 4.78 is 7.92. The fourth-order valence-electron chi connectivity index (χ4n) is 2.51. The van der Waals surface area contributed by atoms with Gasteiger partial charge in [0.15, 0.2) is 5.52 Å². The van der Waals surface area contributed by atoms with E-state index in [1.165, 1.54) is 0 Å². The zero-order chi connectivity index (χ0) is 12.5. The van der Waals surface area contributed by atoms with Crippen molar-refractivity contribution in [3.8, 4) is 5.88 Å². The smallest absolute Gasteiger partial charge is 0.242 e. The normalized spacial score (nSPS) is 23.0. The minimum atomic E-state index is 0.295. The third kappa shape index (κ3) is 1.95. The Morgan fingerprint density at radius 2 is 2.28 bits per heavy atom. The zero-order valence-corrected chi connectivity index (χ0v) is 10.8. The highest BCUT2D eigenvalue weighted by atomic mass is 16.5. The maximum atomic E-state index is 5.94. The predicted molar refractivity (Wildman–Crippen MR) is 69.6 cm³/mol. The molecule has 3 rings (SSSR count). The molecule has 1 fully saturated rings. The van der Waals surface area contributed by atoms with Crippen LogP contribution in [0.4, 0.5) is 0 Å². The van der Waals surface area contributed by atoms with Gasteiger partial charge in [0.1, 0.15) is 6.10 Å². The van der Waals surface area contributed by atoms with Crippen LogP contribution in [0.25, 0.3) is 11.0 Å². The number of aryl methyl sites for hydroxylation is 1. The van der Waals surface area contributed by atoms with E-state index in [9.17, 15) is 0 Å². The van der Waals surface area contributed by atoms with E-state index in [0.29, 0.717) is 12.0 Å². The molecule has 1 aliphatic rings. The van der Waals surface area contributed by atoms with Crippen LogP contribution in [-0.2, 0) is 7.05 Å². The van der Waals surface area contributed by atoms with Gasteiger partial charge in [-0.15, -0.1) is 0 Å². The van der Waals surface area contributed by atoms with Crippen LogP contribution in [-0.4, -0.2) is 34.2 Å². The van der Waals surface area contributed by atoms with Gasteiger partial charge in [-0.2, -0.15) is 0 Å². The Balaban J connectivity index is 1.72. The van der Waals surface area contributed by atoms with Crippen molar-refractivity contribution < 1.29 is 4.74 Å². The fourth-order valence-corrected chi connectivity index (χ4v) is 2.51. The van der Waals surface area contributed by atoms with Gasteiger partial charge >= 0.3 is 0 Å². The van der Waals surface area contributed by atoms with Crippen molar-refractivity contribution in [2.45, 2.75) is 18.9 Å². The Morgan fingerprint density at radius 1 is 1.44 bits per heavy atom. The van der Waals surface area contributed by atoms with Crippen LogP contribution in [0.3, 0.4) is 0 Å². The van der Waals surface area contributed by atoms with Crippen LogP contribution in [0, 0.1) is 5.92 Å². The van der Waals surface area contributed by atoms with Crippen LogP contribution in [0.2, 0.25) is 0 Å². The second-order valence-corrected chi connectivity index (χ2v) is 4.97. The number of rotatable bonds is 4. The second-order valence-electron chi connectivity index (χ2n) is 4.97. The molecule has 0 radical (unpaired) electrons. The number of hydrogen-bond acceptors (Lipinski definition) is 4. The van der Waals surface area contributed by atoms with Gasteiger partial charge in [0.2, 0.25) is 5.88 Å². The fraction of sp³-hybridized carbons (Fsp3) is 0.538. The summed E-state index contributed by atoms with van der Waals surface area (Å²) in [5, 5.41) is 3.20. The number of aromatic nitrogens is 3. The Bertz CT molecular complexity index is 545. The van der Waals surface area contributed by atoms with Crippen molar-refractivity contribution in [2.24, 2.45) is 13.0 Å². The summed E-state index contributed by atoms with van der Waals surface area (Å²) in [4.78, 5) is 8.65. The molecular formula is C13H18N4O. The first-order valence-electron chi connectivity index (χ1n) is 6.35. The van der Waals surface area contributed by atoms with Crippen molar-refractivity contribution in [2.75, 3.05) is 13.6 Å². The molecule has 1 aliphatic carbocycles. The van der Waals surface area contributed by atoms with Crippen LogP contribution in [0.1, 0.15) is 12.8 Å². The first-order chi connectivity index (χ1) is 8.78. The van der Waals surface area contributed by atoms with Gasteiger partial charge < -0.3 is 14.6 Å². The van der Waals surface area contributed by atoms with E-state index in [-0.39, 0.29) is 0 Å². The summed E-state index contributed by atoms with van der Waals surface area (Å²) in [6.07, 6.45) is 6.08. The summed E-state index contributed by atoms with van der Waals surface area (Å²) in [5.41, 5.74) is 1.92. The SMILES string of the molecule is CNCC1CC(Oc2nccc3c2ncn3C)C1. The molecule has 18 heavy (non-hydrogen) atoms. The predicted octanol–water partition coefficient (Wildman–Crippen LogP) is 1.35. The summed E-state index contributed by atoms with van der Waals surface area (Å²) in [6, 6.07) is 1.96. The van der Waals surface area contributed by atoms with Crippen molar-refractivity contribution in [1.82, 2.24) is 19.9 Å². The van der Waals surface area contributed by atoms with Crippen molar-refractivity contribution in [1.29, 1.82) is 0 Å². The number of imidazole rings is 1. The number of ether oxygens (including phenoxy) is 1. The van der Waals surface area contributed by atoms with Crippen LogP contribution in [0.15, 0.2) is 18.6 Å². The molecule has 2 aromatic rings. The molecule has 0 aliphatic heterocycles. The molecule has 2 heterocycles. The quantitative estimate of drug-likeness (QED) is 0.884. The van der Waals surface area contributed by atoms with E-state index in [2.05, 4.69) is 15.3 Å². The third-order valence-electron chi connectivity index (χ3n) is 3.57.